The lowest BCUT2D eigenvalue weighted by Gasteiger charge is -2.19. The molecule has 1 unspecified atom stereocenters. The van der Waals surface area contributed by atoms with Crippen molar-refractivity contribution in [3.63, 3.8) is 0 Å². The highest BCUT2D eigenvalue weighted by Crippen LogP contribution is 2.24. The Balaban J connectivity index is 2.86. The Labute approximate surface area is 112 Å². The van der Waals surface area contributed by atoms with E-state index in [4.69, 9.17) is 4.74 Å². The van der Waals surface area contributed by atoms with Crippen molar-refractivity contribution in [2.24, 2.45) is 0 Å². The SMILES string of the molecule is CCCNC(CCCOC)c1ccc(F)c(F)c1F. The predicted molar refractivity (Wildman–Crippen MR) is 68.5 cm³/mol. The summed E-state index contributed by atoms with van der Waals surface area (Å²) < 4.78 is 44.9. The second-order valence-electron chi connectivity index (χ2n) is 4.41. The Morgan fingerprint density at radius 3 is 2.58 bits per heavy atom. The molecular weight excluding hydrogens is 255 g/mol. The van der Waals surface area contributed by atoms with Crippen molar-refractivity contribution in [2.45, 2.75) is 32.2 Å². The maximum Gasteiger partial charge on any atom is 0.194 e. The van der Waals surface area contributed by atoms with Gasteiger partial charge in [0.05, 0.1) is 0 Å². The summed E-state index contributed by atoms with van der Waals surface area (Å²) in [6, 6.07) is 1.93. The van der Waals surface area contributed by atoms with Crippen molar-refractivity contribution in [3.05, 3.63) is 35.1 Å². The van der Waals surface area contributed by atoms with Crippen molar-refractivity contribution < 1.29 is 17.9 Å². The molecule has 1 aromatic rings. The average Bonchev–Trinajstić information content (AvgIpc) is 2.41. The number of hydrogen-bond donors (Lipinski definition) is 1. The lowest BCUT2D eigenvalue weighted by molar-refractivity contribution is 0.188. The predicted octanol–water partition coefficient (Wildman–Crippen LogP) is 3.57. The molecule has 0 radical (unpaired) electrons. The smallest absolute Gasteiger partial charge is 0.194 e. The molecule has 19 heavy (non-hydrogen) atoms. The molecule has 2 nitrogen and oxygen atoms in total. The van der Waals surface area contributed by atoms with Gasteiger partial charge in [-0.2, -0.15) is 0 Å². The van der Waals surface area contributed by atoms with Gasteiger partial charge in [0, 0.05) is 25.3 Å². The third kappa shape index (κ3) is 4.51. The molecule has 0 bridgehead atoms. The van der Waals surface area contributed by atoms with Crippen LogP contribution < -0.4 is 5.32 Å². The van der Waals surface area contributed by atoms with Crippen molar-refractivity contribution >= 4 is 0 Å². The molecule has 1 N–H and O–H groups in total. The standard InChI is InChI=1S/C14H20F3NO/c1-3-8-18-12(5-4-9-19-2)10-6-7-11(15)14(17)13(10)16/h6-7,12,18H,3-5,8-9H2,1-2H3. The van der Waals surface area contributed by atoms with E-state index in [2.05, 4.69) is 5.32 Å². The summed E-state index contributed by atoms with van der Waals surface area (Å²) in [5.41, 5.74) is 0.170. The van der Waals surface area contributed by atoms with Gasteiger partial charge >= 0.3 is 0 Å². The molecule has 108 valence electrons. The fourth-order valence-corrected chi connectivity index (χ4v) is 1.93. The molecule has 0 aliphatic carbocycles. The molecule has 0 fully saturated rings. The van der Waals surface area contributed by atoms with Gasteiger partial charge in [0.1, 0.15) is 0 Å². The molecule has 5 heteroatoms. The summed E-state index contributed by atoms with van der Waals surface area (Å²) in [6.45, 7) is 3.23. The Hall–Kier alpha value is -1.07. The van der Waals surface area contributed by atoms with Crippen LogP contribution in [0.25, 0.3) is 0 Å². The van der Waals surface area contributed by atoms with E-state index in [-0.39, 0.29) is 11.6 Å². The van der Waals surface area contributed by atoms with Gasteiger partial charge in [-0.1, -0.05) is 13.0 Å². The quantitative estimate of drug-likeness (QED) is 0.578. The van der Waals surface area contributed by atoms with E-state index >= 15 is 0 Å². The van der Waals surface area contributed by atoms with Crippen LogP contribution in [0.4, 0.5) is 13.2 Å². The summed E-state index contributed by atoms with van der Waals surface area (Å²) in [6.07, 6.45) is 2.21. The third-order valence-electron chi connectivity index (χ3n) is 2.92. The molecule has 1 rings (SSSR count). The minimum atomic E-state index is -1.41. The maximum absolute atomic E-state index is 13.8. The maximum atomic E-state index is 13.8. The van der Waals surface area contributed by atoms with Crippen molar-refractivity contribution in [1.82, 2.24) is 5.32 Å². The van der Waals surface area contributed by atoms with E-state index in [9.17, 15) is 13.2 Å². The van der Waals surface area contributed by atoms with Crippen LogP contribution in [-0.2, 0) is 4.74 Å². The highest BCUT2D eigenvalue weighted by atomic mass is 19.2. The second kappa shape index (κ2) is 8.17. The van der Waals surface area contributed by atoms with Crippen LogP contribution in [0.3, 0.4) is 0 Å². The first kappa shape index (κ1) is 16.0. The normalized spacial score (nSPS) is 12.7. The number of hydrogen-bond acceptors (Lipinski definition) is 2. The summed E-state index contributed by atoms with van der Waals surface area (Å²) in [4.78, 5) is 0. The number of rotatable bonds is 8. The largest absolute Gasteiger partial charge is 0.385 e. The molecule has 1 atom stereocenters. The van der Waals surface area contributed by atoms with Crippen molar-refractivity contribution in [3.8, 4) is 0 Å². The summed E-state index contributed by atoms with van der Waals surface area (Å²) in [5.74, 6) is -3.68. The molecular formula is C14H20F3NO. The molecule has 0 saturated heterocycles. The number of ether oxygens (including phenoxy) is 1. The van der Waals surface area contributed by atoms with Gasteiger partial charge in [0.15, 0.2) is 17.5 Å². The zero-order valence-corrected chi connectivity index (χ0v) is 11.3. The van der Waals surface area contributed by atoms with E-state index in [0.717, 1.165) is 18.9 Å². The van der Waals surface area contributed by atoms with Gasteiger partial charge in [-0.25, -0.2) is 13.2 Å². The van der Waals surface area contributed by atoms with Crippen LogP contribution in [0.15, 0.2) is 12.1 Å². The zero-order chi connectivity index (χ0) is 14.3. The monoisotopic (exact) mass is 275 g/mol. The molecule has 0 aliphatic heterocycles. The summed E-state index contributed by atoms with van der Waals surface area (Å²) in [5, 5.41) is 3.15. The lowest BCUT2D eigenvalue weighted by atomic mass is 10.0. The number of nitrogens with one attached hydrogen (secondary N) is 1. The molecule has 1 aromatic carbocycles. The molecule has 0 aromatic heterocycles. The first-order chi connectivity index (χ1) is 9.11. The van der Waals surface area contributed by atoms with Crippen molar-refractivity contribution in [1.29, 1.82) is 0 Å². The molecule has 0 saturated carbocycles. The molecule has 0 heterocycles. The Morgan fingerprint density at radius 1 is 1.21 bits per heavy atom. The van der Waals surface area contributed by atoms with Gasteiger partial charge in [0.2, 0.25) is 0 Å². The average molecular weight is 275 g/mol. The first-order valence-electron chi connectivity index (χ1n) is 6.47. The zero-order valence-electron chi connectivity index (χ0n) is 11.3. The van der Waals surface area contributed by atoms with E-state index < -0.39 is 17.5 Å². The topological polar surface area (TPSA) is 21.3 Å². The van der Waals surface area contributed by atoms with Gasteiger partial charge in [-0.3, -0.25) is 0 Å². The molecule has 0 amide bonds. The van der Waals surface area contributed by atoms with Crippen LogP contribution >= 0.6 is 0 Å². The highest BCUT2D eigenvalue weighted by Gasteiger charge is 2.20. The van der Waals surface area contributed by atoms with E-state index in [1.807, 2.05) is 6.92 Å². The molecule has 0 spiro atoms. The van der Waals surface area contributed by atoms with Crippen LogP contribution in [0.1, 0.15) is 37.8 Å². The number of benzene rings is 1. The third-order valence-corrected chi connectivity index (χ3v) is 2.92. The fraction of sp³-hybridized carbons (Fsp3) is 0.571. The lowest BCUT2D eigenvalue weighted by Crippen LogP contribution is -2.24. The van der Waals surface area contributed by atoms with E-state index in [1.165, 1.54) is 6.07 Å². The van der Waals surface area contributed by atoms with Gasteiger partial charge in [-0.15, -0.1) is 0 Å². The minimum Gasteiger partial charge on any atom is -0.385 e. The number of halogens is 3. The Bertz CT molecular complexity index is 399. The van der Waals surface area contributed by atoms with Crippen LogP contribution in [-0.4, -0.2) is 20.3 Å². The Kier molecular flexibility index (Phi) is 6.87. The minimum absolute atomic E-state index is 0.170. The summed E-state index contributed by atoms with van der Waals surface area (Å²) in [7, 11) is 1.59. The van der Waals surface area contributed by atoms with Gasteiger partial charge in [0.25, 0.3) is 0 Å². The van der Waals surface area contributed by atoms with Crippen LogP contribution in [0, 0.1) is 17.5 Å². The summed E-state index contributed by atoms with van der Waals surface area (Å²) >= 11 is 0. The van der Waals surface area contributed by atoms with Crippen LogP contribution in [0.5, 0.6) is 0 Å². The highest BCUT2D eigenvalue weighted by molar-refractivity contribution is 5.23. The first-order valence-corrected chi connectivity index (χ1v) is 6.47. The van der Waals surface area contributed by atoms with Crippen molar-refractivity contribution in [2.75, 3.05) is 20.3 Å². The second-order valence-corrected chi connectivity index (χ2v) is 4.41. The van der Waals surface area contributed by atoms with E-state index in [0.29, 0.717) is 19.6 Å². The van der Waals surface area contributed by atoms with E-state index in [1.54, 1.807) is 7.11 Å². The van der Waals surface area contributed by atoms with Gasteiger partial charge < -0.3 is 10.1 Å². The fourth-order valence-electron chi connectivity index (χ4n) is 1.93. The number of methoxy groups -OCH3 is 1. The Morgan fingerprint density at radius 2 is 1.95 bits per heavy atom. The van der Waals surface area contributed by atoms with Gasteiger partial charge in [-0.05, 0) is 31.9 Å². The molecule has 0 aliphatic rings. The van der Waals surface area contributed by atoms with Crippen LogP contribution in [0.2, 0.25) is 0 Å².